The average Bonchev–Trinajstić information content (AvgIpc) is 3.25. The van der Waals surface area contributed by atoms with Gasteiger partial charge in [-0.05, 0) is 55.9 Å². The van der Waals surface area contributed by atoms with Crippen molar-refractivity contribution in [2.45, 2.75) is 82.8 Å². The van der Waals surface area contributed by atoms with Gasteiger partial charge >= 0.3 is 0 Å². The molecule has 1 aliphatic heterocycles. The smallest absolute Gasteiger partial charge is 0.228 e. The predicted molar refractivity (Wildman–Crippen MR) is 141 cm³/mol. The number of rotatable bonds is 6. The zero-order valence-corrected chi connectivity index (χ0v) is 20.7. The molecule has 2 aromatic rings. The van der Waals surface area contributed by atoms with Crippen LogP contribution in [0.15, 0.2) is 48.5 Å². The number of amides is 2. The quantitative estimate of drug-likeness (QED) is 0.415. The van der Waals surface area contributed by atoms with Crippen molar-refractivity contribution in [2.24, 2.45) is 11.8 Å². The molecule has 186 valence electrons. The minimum Gasteiger partial charge on any atom is -0.357 e. The highest BCUT2D eigenvalue weighted by Crippen LogP contribution is 2.49. The van der Waals surface area contributed by atoms with Gasteiger partial charge in [0, 0.05) is 24.2 Å². The molecule has 6 nitrogen and oxygen atoms in total. The molecule has 2 amide bonds. The number of benzene rings is 2. The Balaban J connectivity index is 1.57. The van der Waals surface area contributed by atoms with Gasteiger partial charge < -0.3 is 21.3 Å². The molecule has 1 atom stereocenters. The van der Waals surface area contributed by atoms with Crippen LogP contribution in [0.1, 0.15) is 76.7 Å². The first-order chi connectivity index (χ1) is 17.0. The Bertz CT molecular complexity index is 1030. The van der Waals surface area contributed by atoms with E-state index in [2.05, 4.69) is 39.5 Å². The van der Waals surface area contributed by atoms with Crippen LogP contribution in [-0.2, 0) is 15.3 Å². The second-order valence-corrected chi connectivity index (χ2v) is 10.6. The van der Waals surface area contributed by atoms with Crippen LogP contribution in [0.4, 0.5) is 17.1 Å². The van der Waals surface area contributed by atoms with Crippen molar-refractivity contribution in [1.82, 2.24) is 5.32 Å². The van der Waals surface area contributed by atoms with Crippen LogP contribution in [0.5, 0.6) is 0 Å². The first-order valence-electron chi connectivity index (χ1n) is 13.4. The molecular weight excluding hydrogens is 436 g/mol. The Morgan fingerprint density at radius 1 is 0.857 bits per heavy atom. The van der Waals surface area contributed by atoms with Crippen molar-refractivity contribution in [3.05, 3.63) is 54.1 Å². The molecular formula is C29H38N4O2. The number of nitrogens with one attached hydrogen (secondary N) is 4. The van der Waals surface area contributed by atoms with Crippen LogP contribution < -0.4 is 21.3 Å². The van der Waals surface area contributed by atoms with E-state index >= 15 is 0 Å². The van der Waals surface area contributed by atoms with Gasteiger partial charge in [0.2, 0.25) is 11.8 Å². The molecule has 1 heterocycles. The van der Waals surface area contributed by atoms with E-state index in [1.165, 1.54) is 32.6 Å². The minimum atomic E-state index is -0.793. The van der Waals surface area contributed by atoms with Gasteiger partial charge in [0.05, 0.1) is 17.3 Å². The van der Waals surface area contributed by atoms with Gasteiger partial charge in [0.15, 0.2) is 0 Å². The standard InChI is InChI=1S/C29H38N4O2/c1-20(34)30-24-16-10-13-22(19-24)29(32-25-17-8-9-18-26(25)33-29)27(21-11-4-2-5-12-21)28(35)31-23-14-6-3-7-15-23/h8-10,13,16-19,21,23,27,32-33H,2-7,11-12,14-15H2,1H3,(H,30,34)(H,31,35). The van der Waals surface area contributed by atoms with Gasteiger partial charge in [-0.25, -0.2) is 0 Å². The summed E-state index contributed by atoms with van der Waals surface area (Å²) in [4.78, 5) is 26.0. The molecule has 35 heavy (non-hydrogen) atoms. The van der Waals surface area contributed by atoms with Gasteiger partial charge in [-0.2, -0.15) is 0 Å². The molecule has 4 N–H and O–H groups in total. The third-order valence-corrected chi connectivity index (χ3v) is 8.05. The Morgan fingerprint density at radius 3 is 2.11 bits per heavy atom. The fourth-order valence-corrected chi connectivity index (χ4v) is 6.45. The molecule has 2 aliphatic carbocycles. The molecule has 0 radical (unpaired) electrons. The third-order valence-electron chi connectivity index (χ3n) is 8.05. The van der Waals surface area contributed by atoms with Gasteiger partial charge in [0.25, 0.3) is 0 Å². The van der Waals surface area contributed by atoms with E-state index in [4.69, 9.17) is 0 Å². The fourth-order valence-electron chi connectivity index (χ4n) is 6.45. The summed E-state index contributed by atoms with van der Waals surface area (Å²) in [6, 6.07) is 16.4. The van der Waals surface area contributed by atoms with Gasteiger partial charge in [-0.1, -0.05) is 62.8 Å². The Morgan fingerprint density at radius 2 is 1.49 bits per heavy atom. The van der Waals surface area contributed by atoms with E-state index in [9.17, 15) is 9.59 Å². The number of anilines is 3. The molecule has 6 heteroatoms. The van der Waals surface area contributed by atoms with Crippen LogP contribution >= 0.6 is 0 Å². The maximum Gasteiger partial charge on any atom is 0.228 e. The third kappa shape index (κ3) is 5.02. The van der Waals surface area contributed by atoms with Gasteiger partial charge in [0.1, 0.15) is 5.66 Å². The van der Waals surface area contributed by atoms with Crippen molar-refractivity contribution < 1.29 is 9.59 Å². The van der Waals surface area contributed by atoms with E-state index in [0.29, 0.717) is 0 Å². The lowest BCUT2D eigenvalue weighted by molar-refractivity contribution is -0.130. The van der Waals surface area contributed by atoms with E-state index in [1.54, 1.807) is 0 Å². The van der Waals surface area contributed by atoms with Crippen LogP contribution in [0.3, 0.4) is 0 Å². The molecule has 0 spiro atoms. The molecule has 2 aromatic carbocycles. The zero-order valence-electron chi connectivity index (χ0n) is 20.7. The largest absolute Gasteiger partial charge is 0.357 e. The molecule has 0 saturated heterocycles. The Labute approximate surface area is 208 Å². The molecule has 1 unspecified atom stereocenters. The van der Waals surface area contributed by atoms with E-state index in [1.807, 2.05) is 30.3 Å². The van der Waals surface area contributed by atoms with E-state index in [0.717, 1.165) is 61.2 Å². The first-order valence-corrected chi connectivity index (χ1v) is 13.4. The molecule has 3 aliphatic rings. The Kier molecular flexibility index (Phi) is 6.98. The predicted octanol–water partition coefficient (Wildman–Crippen LogP) is 5.98. The monoisotopic (exact) mass is 474 g/mol. The number of hydrogen-bond acceptors (Lipinski definition) is 4. The highest BCUT2D eigenvalue weighted by Gasteiger charge is 2.52. The van der Waals surface area contributed by atoms with E-state index in [-0.39, 0.29) is 29.7 Å². The van der Waals surface area contributed by atoms with Crippen LogP contribution in [-0.4, -0.2) is 17.9 Å². The lowest BCUT2D eigenvalue weighted by Crippen LogP contribution is -2.56. The molecule has 2 saturated carbocycles. The van der Waals surface area contributed by atoms with Crippen LogP contribution in [0.25, 0.3) is 0 Å². The number of para-hydroxylation sites is 2. The van der Waals surface area contributed by atoms with E-state index < -0.39 is 5.66 Å². The summed E-state index contributed by atoms with van der Waals surface area (Å²) in [5.74, 6) is 0.0167. The number of fused-ring (bicyclic) bond motifs is 1. The lowest BCUT2D eigenvalue weighted by Gasteiger charge is -2.44. The normalized spacial score (nSPS) is 20.7. The summed E-state index contributed by atoms with van der Waals surface area (Å²) in [7, 11) is 0. The summed E-state index contributed by atoms with van der Waals surface area (Å²) in [5, 5.41) is 13.9. The second-order valence-electron chi connectivity index (χ2n) is 10.6. The van der Waals surface area contributed by atoms with Crippen molar-refractivity contribution in [3.63, 3.8) is 0 Å². The van der Waals surface area contributed by atoms with Crippen LogP contribution in [0, 0.1) is 11.8 Å². The van der Waals surface area contributed by atoms with Gasteiger partial charge in [-0.3, -0.25) is 9.59 Å². The summed E-state index contributed by atoms with van der Waals surface area (Å²) in [6.07, 6.45) is 11.4. The summed E-state index contributed by atoms with van der Waals surface area (Å²) in [5.41, 5.74) is 2.92. The summed E-state index contributed by atoms with van der Waals surface area (Å²) in [6.45, 7) is 1.52. The minimum absolute atomic E-state index is 0.106. The van der Waals surface area contributed by atoms with Crippen molar-refractivity contribution in [1.29, 1.82) is 0 Å². The first kappa shape index (κ1) is 23.7. The molecule has 0 aromatic heterocycles. The number of carbonyl (C=O) groups excluding carboxylic acids is 2. The summed E-state index contributed by atoms with van der Waals surface area (Å²) < 4.78 is 0. The fraction of sp³-hybridized carbons (Fsp3) is 0.517. The number of hydrogen-bond donors (Lipinski definition) is 4. The topological polar surface area (TPSA) is 82.3 Å². The maximum absolute atomic E-state index is 14.2. The second kappa shape index (κ2) is 10.3. The van der Waals surface area contributed by atoms with Crippen molar-refractivity contribution >= 4 is 28.9 Å². The zero-order chi connectivity index (χ0) is 24.3. The van der Waals surface area contributed by atoms with Crippen molar-refractivity contribution in [3.8, 4) is 0 Å². The SMILES string of the molecule is CC(=O)Nc1cccc(C2(C(C(=O)NC3CCCCC3)C3CCCCC3)Nc3ccccc3N2)c1. The molecule has 0 bridgehead atoms. The summed E-state index contributed by atoms with van der Waals surface area (Å²) >= 11 is 0. The average molecular weight is 475 g/mol. The maximum atomic E-state index is 14.2. The number of carbonyl (C=O) groups is 2. The highest BCUT2D eigenvalue weighted by atomic mass is 16.2. The van der Waals surface area contributed by atoms with Crippen molar-refractivity contribution in [2.75, 3.05) is 16.0 Å². The molecule has 5 rings (SSSR count). The highest BCUT2D eigenvalue weighted by molar-refractivity contribution is 5.90. The molecule has 2 fully saturated rings. The Hall–Kier alpha value is -3.02. The van der Waals surface area contributed by atoms with Gasteiger partial charge in [-0.15, -0.1) is 0 Å². The lowest BCUT2D eigenvalue weighted by atomic mass is 9.71. The van der Waals surface area contributed by atoms with Crippen LogP contribution in [0.2, 0.25) is 0 Å².